The van der Waals surface area contributed by atoms with Crippen molar-refractivity contribution in [2.45, 2.75) is 5.92 Å². The summed E-state index contributed by atoms with van der Waals surface area (Å²) in [6.45, 7) is 0. The predicted molar refractivity (Wildman–Crippen MR) is 83.3 cm³/mol. The highest BCUT2D eigenvalue weighted by Gasteiger charge is 2.41. The summed E-state index contributed by atoms with van der Waals surface area (Å²) in [7, 11) is 3.17. The summed E-state index contributed by atoms with van der Waals surface area (Å²) >= 11 is 0. The summed E-state index contributed by atoms with van der Waals surface area (Å²) < 4.78 is 10.2. The maximum absolute atomic E-state index is 12.4. The highest BCUT2D eigenvalue weighted by Crippen LogP contribution is 2.43. The lowest BCUT2D eigenvalue weighted by Gasteiger charge is -2.28. The number of aliphatic hydroxyl groups is 1. The molecule has 2 aromatic carbocycles. The van der Waals surface area contributed by atoms with E-state index in [9.17, 15) is 9.90 Å². The number of aliphatic hydroxyl groups excluding tert-OH is 1. The third kappa shape index (κ3) is 2.22. The first-order valence-electron chi connectivity index (χ1n) is 6.91. The molecule has 112 valence electrons. The highest BCUT2D eigenvalue weighted by molar-refractivity contribution is 6.31. The van der Waals surface area contributed by atoms with Crippen LogP contribution < -0.4 is 9.47 Å². The van der Waals surface area contributed by atoms with Gasteiger partial charge in [0.05, 0.1) is 19.8 Å². The van der Waals surface area contributed by atoms with Crippen LogP contribution in [-0.4, -0.2) is 25.1 Å². The maximum Gasteiger partial charge on any atom is 0.181 e. The van der Waals surface area contributed by atoms with Crippen molar-refractivity contribution in [3.63, 3.8) is 0 Å². The number of hydrogen-bond donors (Lipinski definition) is 1. The van der Waals surface area contributed by atoms with Crippen LogP contribution in [0.3, 0.4) is 0 Å². The zero-order valence-electron chi connectivity index (χ0n) is 12.4. The summed E-state index contributed by atoms with van der Waals surface area (Å²) in [5.41, 5.74) is 1.84. The minimum Gasteiger partial charge on any atom is -0.510 e. The number of rotatable bonds is 4. The van der Waals surface area contributed by atoms with Crippen molar-refractivity contribution >= 4 is 11.4 Å². The second-order valence-electron chi connectivity index (χ2n) is 5.06. The lowest BCUT2D eigenvalue weighted by atomic mass is 9.75. The Morgan fingerprint density at radius 3 is 1.82 bits per heavy atom. The van der Waals surface area contributed by atoms with E-state index in [2.05, 4.69) is 0 Å². The molecular weight excluding hydrogens is 280 g/mol. The second kappa shape index (κ2) is 5.56. The molecule has 0 bridgehead atoms. The highest BCUT2D eigenvalue weighted by atomic mass is 16.5. The van der Waals surface area contributed by atoms with Gasteiger partial charge in [0.15, 0.2) is 5.78 Å². The molecule has 0 spiro atoms. The minimum absolute atomic E-state index is 0.0761. The van der Waals surface area contributed by atoms with Gasteiger partial charge in [-0.2, -0.15) is 0 Å². The first-order chi connectivity index (χ1) is 10.7. The van der Waals surface area contributed by atoms with E-state index in [4.69, 9.17) is 9.47 Å². The molecule has 1 N–H and O–H groups in total. The van der Waals surface area contributed by atoms with E-state index < -0.39 is 5.92 Å². The normalized spacial score (nSPS) is 17.2. The van der Waals surface area contributed by atoms with Crippen LogP contribution in [0.2, 0.25) is 0 Å². The van der Waals surface area contributed by atoms with E-state index in [0.29, 0.717) is 16.9 Å². The number of hydrogen-bond acceptors (Lipinski definition) is 4. The molecule has 0 saturated heterocycles. The number of Topliss-reactive ketones (excluding diaryl/α,β-unsaturated/α-hetero) is 1. The fourth-order valence-electron chi connectivity index (χ4n) is 2.61. The number of benzene rings is 2. The van der Waals surface area contributed by atoms with Gasteiger partial charge in [-0.1, -0.05) is 24.3 Å². The van der Waals surface area contributed by atoms with Crippen LogP contribution in [0, 0.1) is 0 Å². The van der Waals surface area contributed by atoms with Gasteiger partial charge >= 0.3 is 0 Å². The lowest BCUT2D eigenvalue weighted by molar-refractivity contribution is -0.116. The average molecular weight is 296 g/mol. The Kier molecular flexibility index (Phi) is 3.59. The predicted octanol–water partition coefficient (Wildman–Crippen LogP) is 3.34. The fraction of sp³-hybridized carbons (Fsp3) is 0.167. The van der Waals surface area contributed by atoms with Crippen LogP contribution in [0.1, 0.15) is 17.0 Å². The van der Waals surface area contributed by atoms with E-state index in [1.807, 2.05) is 0 Å². The first-order valence-corrected chi connectivity index (χ1v) is 6.91. The molecule has 0 radical (unpaired) electrons. The molecule has 1 aliphatic rings. The van der Waals surface area contributed by atoms with Crippen LogP contribution in [0.25, 0.3) is 5.57 Å². The van der Waals surface area contributed by atoms with E-state index in [1.165, 1.54) is 0 Å². The maximum atomic E-state index is 12.4. The van der Waals surface area contributed by atoms with Crippen molar-refractivity contribution < 1.29 is 19.4 Å². The molecule has 4 heteroatoms. The molecule has 22 heavy (non-hydrogen) atoms. The Bertz CT molecular complexity index is 727. The largest absolute Gasteiger partial charge is 0.510 e. The van der Waals surface area contributed by atoms with Gasteiger partial charge < -0.3 is 14.6 Å². The van der Waals surface area contributed by atoms with Crippen molar-refractivity contribution in [1.82, 2.24) is 0 Å². The summed E-state index contributed by atoms with van der Waals surface area (Å²) in [5.74, 6) is 0.882. The van der Waals surface area contributed by atoms with E-state index in [0.717, 1.165) is 11.3 Å². The molecule has 0 aliphatic heterocycles. The Morgan fingerprint density at radius 2 is 1.36 bits per heavy atom. The van der Waals surface area contributed by atoms with Crippen LogP contribution >= 0.6 is 0 Å². The van der Waals surface area contributed by atoms with Gasteiger partial charge in [-0.25, -0.2) is 0 Å². The van der Waals surface area contributed by atoms with E-state index in [1.54, 1.807) is 62.8 Å². The molecule has 1 unspecified atom stereocenters. The molecule has 1 aliphatic carbocycles. The van der Waals surface area contributed by atoms with E-state index >= 15 is 0 Å². The average Bonchev–Trinajstić information content (AvgIpc) is 2.56. The van der Waals surface area contributed by atoms with Crippen molar-refractivity contribution in [2.24, 2.45) is 0 Å². The fourth-order valence-corrected chi connectivity index (χ4v) is 2.61. The molecule has 0 aromatic heterocycles. The van der Waals surface area contributed by atoms with Gasteiger partial charge in [-0.05, 0) is 35.4 Å². The Balaban J connectivity index is 1.90. The zero-order valence-corrected chi connectivity index (χ0v) is 12.4. The molecule has 2 aromatic rings. The van der Waals surface area contributed by atoms with Gasteiger partial charge in [0.1, 0.15) is 23.2 Å². The molecule has 0 heterocycles. The SMILES string of the molecule is COc1ccc(C2=C(O)C(c3ccc(OC)cc3)C2=O)cc1. The number of methoxy groups -OCH3 is 2. The number of ether oxygens (including phenoxy) is 2. The monoisotopic (exact) mass is 296 g/mol. The summed E-state index contributed by atoms with van der Waals surface area (Å²) in [4.78, 5) is 12.4. The standard InChI is InChI=1S/C18H16O4/c1-21-13-7-3-11(4-8-13)15-17(19)16(18(15)20)12-5-9-14(22-2)10-6-12/h3-10,15,19H,1-2H3. The third-order valence-electron chi connectivity index (χ3n) is 3.87. The van der Waals surface area contributed by atoms with Gasteiger partial charge in [0.25, 0.3) is 0 Å². The quantitative estimate of drug-likeness (QED) is 0.940. The second-order valence-corrected chi connectivity index (χ2v) is 5.06. The number of carbonyl (C=O) groups is 1. The lowest BCUT2D eigenvalue weighted by Crippen LogP contribution is -2.28. The summed E-state index contributed by atoms with van der Waals surface area (Å²) in [5, 5.41) is 10.3. The number of allylic oxidation sites excluding steroid dienone is 2. The van der Waals surface area contributed by atoms with Gasteiger partial charge in [-0.3, -0.25) is 4.79 Å². The zero-order chi connectivity index (χ0) is 15.7. The molecular formula is C18H16O4. The summed E-state index contributed by atoms with van der Waals surface area (Å²) in [6.07, 6.45) is 0. The van der Waals surface area contributed by atoms with Gasteiger partial charge in [-0.15, -0.1) is 0 Å². The van der Waals surface area contributed by atoms with Crippen molar-refractivity contribution in [3.05, 3.63) is 65.4 Å². The molecule has 0 fully saturated rings. The van der Waals surface area contributed by atoms with Crippen LogP contribution in [0.5, 0.6) is 11.5 Å². The number of ketones is 1. The van der Waals surface area contributed by atoms with Crippen LogP contribution in [0.15, 0.2) is 54.3 Å². The van der Waals surface area contributed by atoms with Crippen molar-refractivity contribution in [2.75, 3.05) is 14.2 Å². The molecule has 3 rings (SSSR count). The Morgan fingerprint density at radius 1 is 0.864 bits per heavy atom. The van der Waals surface area contributed by atoms with E-state index in [-0.39, 0.29) is 11.5 Å². The molecule has 1 atom stereocenters. The molecule has 4 nitrogen and oxygen atoms in total. The smallest absolute Gasteiger partial charge is 0.181 e. The summed E-state index contributed by atoms with van der Waals surface area (Å²) in [6, 6.07) is 14.2. The number of carbonyl (C=O) groups excluding carboxylic acids is 1. The van der Waals surface area contributed by atoms with Gasteiger partial charge in [0.2, 0.25) is 0 Å². The van der Waals surface area contributed by atoms with Crippen LogP contribution in [-0.2, 0) is 4.79 Å². The topological polar surface area (TPSA) is 55.8 Å². The van der Waals surface area contributed by atoms with Crippen LogP contribution in [0.4, 0.5) is 0 Å². The molecule has 0 saturated carbocycles. The third-order valence-corrected chi connectivity index (χ3v) is 3.87. The Hall–Kier alpha value is -2.75. The first kappa shape index (κ1) is 14.2. The van der Waals surface area contributed by atoms with Crippen molar-refractivity contribution in [1.29, 1.82) is 0 Å². The van der Waals surface area contributed by atoms with Crippen molar-refractivity contribution in [3.8, 4) is 11.5 Å². The Labute approximate surface area is 128 Å². The minimum atomic E-state index is -0.581. The molecule has 0 amide bonds. The van der Waals surface area contributed by atoms with Gasteiger partial charge in [0, 0.05) is 0 Å².